The van der Waals surface area contributed by atoms with Crippen LogP contribution in [0, 0.1) is 0 Å². The topological polar surface area (TPSA) is 111 Å². The van der Waals surface area contributed by atoms with E-state index in [4.69, 9.17) is 13.8 Å². The van der Waals surface area contributed by atoms with Gasteiger partial charge in [0.1, 0.15) is 19.3 Å². The highest BCUT2D eigenvalue weighted by molar-refractivity contribution is 7.47. The number of rotatable bonds is 64. The van der Waals surface area contributed by atoms with Gasteiger partial charge in [-0.3, -0.25) is 18.6 Å². The second-order valence-corrected chi connectivity index (χ2v) is 26.5. The summed E-state index contributed by atoms with van der Waals surface area (Å²) in [5.41, 5.74) is 0. The minimum absolute atomic E-state index is 0.0425. The van der Waals surface area contributed by atoms with Crippen molar-refractivity contribution in [2.45, 2.75) is 354 Å². The van der Waals surface area contributed by atoms with Crippen LogP contribution in [0.2, 0.25) is 0 Å². The number of carbonyl (C=O) groups excluding carboxylic acids is 2. The lowest BCUT2D eigenvalue weighted by Gasteiger charge is -2.27. The molecule has 0 bridgehead atoms. The van der Waals surface area contributed by atoms with E-state index >= 15 is 0 Å². The van der Waals surface area contributed by atoms with E-state index in [-0.39, 0.29) is 25.1 Å². The Kier molecular flexibility index (Phi) is 59.5. The molecule has 0 saturated carbocycles. The standard InChI is InChI=1S/C71H135N2O7P/c1-7-10-13-16-19-22-25-28-30-32-33-34-35-36-37-38-39-40-41-42-44-46-49-52-55-58-61-64-71(75)80-69(62-59-56-53-50-47-27-24-21-18-15-12-9-3)68(67-79-81(76,77)78-66-65-73(4,5)6)72-70(74)63-60-57-54-51-48-45-43-31-29-26-23-20-17-14-11-8-2/h19,22,28,30,33-34,59,62,68-69H,7-18,20-21,23-27,29,31-32,35-58,60-61,63-67H2,1-6H3,(H-,72,74,76,77)/p+1/b22-19-,30-28-,34-33-,62-59-. The quantitative estimate of drug-likeness (QED) is 0.0205. The number of esters is 1. The van der Waals surface area contributed by atoms with E-state index < -0.39 is 20.0 Å². The monoisotopic (exact) mass is 1160 g/mol. The van der Waals surface area contributed by atoms with E-state index in [2.05, 4.69) is 62.5 Å². The van der Waals surface area contributed by atoms with Crippen LogP contribution < -0.4 is 5.32 Å². The SMILES string of the molecule is CCCCC/C=C\C/C=C\C/C=C\CCCCCCCCCCCCCCCCC(=O)OC(/C=C\CCCCCCCCCCCC)C(COP(=O)(O)OCC[N+](C)(C)C)NC(=O)CCCCCCCCCCCCCCCCCC. The van der Waals surface area contributed by atoms with E-state index in [1.807, 2.05) is 33.3 Å². The first-order chi connectivity index (χ1) is 39.4. The Labute approximate surface area is 503 Å². The summed E-state index contributed by atoms with van der Waals surface area (Å²) in [4.78, 5) is 37.8. The highest BCUT2D eigenvalue weighted by atomic mass is 31.2. The van der Waals surface area contributed by atoms with Crippen LogP contribution in [-0.2, 0) is 27.9 Å². The molecule has 0 heterocycles. The van der Waals surface area contributed by atoms with Crippen molar-refractivity contribution in [3.05, 3.63) is 48.6 Å². The molecule has 0 saturated heterocycles. The zero-order chi connectivity index (χ0) is 59.3. The normalized spacial score (nSPS) is 13.8. The Morgan fingerprint density at radius 2 is 0.753 bits per heavy atom. The molecule has 476 valence electrons. The van der Waals surface area contributed by atoms with Gasteiger partial charge in [0, 0.05) is 12.8 Å². The molecule has 10 heteroatoms. The Morgan fingerprint density at radius 3 is 1.15 bits per heavy atom. The van der Waals surface area contributed by atoms with Gasteiger partial charge in [0.15, 0.2) is 0 Å². The highest BCUT2D eigenvalue weighted by Crippen LogP contribution is 2.43. The number of phosphoric ester groups is 1. The van der Waals surface area contributed by atoms with Crippen molar-refractivity contribution in [3.63, 3.8) is 0 Å². The smallest absolute Gasteiger partial charge is 0.456 e. The highest BCUT2D eigenvalue weighted by Gasteiger charge is 2.30. The van der Waals surface area contributed by atoms with Crippen LogP contribution in [0.3, 0.4) is 0 Å². The maximum absolute atomic E-state index is 13.6. The number of likely N-dealkylation sites (N-methyl/N-ethyl adjacent to an activating group) is 1. The third-order valence-corrected chi connectivity index (χ3v) is 16.8. The minimum Gasteiger partial charge on any atom is -0.456 e. The van der Waals surface area contributed by atoms with E-state index in [0.717, 1.165) is 70.6 Å². The number of unbranched alkanes of at least 4 members (excludes halogenated alkanes) is 42. The lowest BCUT2D eigenvalue weighted by Crippen LogP contribution is -2.47. The van der Waals surface area contributed by atoms with Crippen LogP contribution in [0.25, 0.3) is 0 Å². The molecular formula is C71H136N2O7P+. The average molecular weight is 1160 g/mol. The summed E-state index contributed by atoms with van der Waals surface area (Å²) in [5.74, 6) is -0.489. The van der Waals surface area contributed by atoms with Gasteiger partial charge in [-0.05, 0) is 70.3 Å². The molecule has 0 aromatic heterocycles. The van der Waals surface area contributed by atoms with Crippen molar-refractivity contribution in [2.75, 3.05) is 40.9 Å². The maximum Gasteiger partial charge on any atom is 0.472 e. The van der Waals surface area contributed by atoms with Crippen LogP contribution in [-0.4, -0.2) is 74.3 Å². The number of hydrogen-bond acceptors (Lipinski definition) is 6. The molecule has 0 rings (SSSR count). The van der Waals surface area contributed by atoms with Gasteiger partial charge in [-0.25, -0.2) is 4.57 Å². The summed E-state index contributed by atoms with van der Waals surface area (Å²) in [5, 5.41) is 3.07. The zero-order valence-electron chi connectivity index (χ0n) is 54.5. The molecule has 0 fully saturated rings. The lowest BCUT2D eigenvalue weighted by molar-refractivity contribution is -0.870. The molecular weight excluding hydrogens is 1020 g/mol. The molecule has 0 aliphatic rings. The summed E-state index contributed by atoms with van der Waals surface area (Å²) in [7, 11) is 1.51. The third-order valence-electron chi connectivity index (χ3n) is 15.8. The number of nitrogens with one attached hydrogen (secondary N) is 1. The van der Waals surface area contributed by atoms with Gasteiger partial charge in [0.2, 0.25) is 5.91 Å². The van der Waals surface area contributed by atoms with Crippen LogP contribution in [0.5, 0.6) is 0 Å². The fourth-order valence-electron chi connectivity index (χ4n) is 10.4. The first-order valence-corrected chi connectivity index (χ1v) is 36.5. The zero-order valence-corrected chi connectivity index (χ0v) is 55.4. The van der Waals surface area contributed by atoms with Crippen molar-refractivity contribution in [2.24, 2.45) is 0 Å². The van der Waals surface area contributed by atoms with Crippen LogP contribution in [0.1, 0.15) is 342 Å². The van der Waals surface area contributed by atoms with Gasteiger partial charge >= 0.3 is 13.8 Å². The first-order valence-electron chi connectivity index (χ1n) is 35.0. The molecule has 0 aliphatic carbocycles. The van der Waals surface area contributed by atoms with Crippen molar-refractivity contribution in [3.8, 4) is 0 Å². The third kappa shape index (κ3) is 62.3. The number of nitrogens with zero attached hydrogens (tertiary/aromatic N) is 1. The Hall–Kier alpha value is -2.03. The molecule has 0 aliphatic heterocycles. The van der Waals surface area contributed by atoms with Crippen LogP contribution in [0.15, 0.2) is 48.6 Å². The molecule has 9 nitrogen and oxygen atoms in total. The first kappa shape index (κ1) is 79.0. The maximum atomic E-state index is 13.6. The molecule has 0 aromatic rings. The number of ether oxygens (including phenoxy) is 1. The summed E-state index contributed by atoms with van der Waals surface area (Å²) >= 11 is 0. The van der Waals surface area contributed by atoms with Gasteiger partial charge in [-0.2, -0.15) is 0 Å². The van der Waals surface area contributed by atoms with E-state index in [1.165, 1.54) is 238 Å². The number of quaternary nitrogens is 1. The predicted octanol–water partition coefficient (Wildman–Crippen LogP) is 22.0. The van der Waals surface area contributed by atoms with Gasteiger partial charge in [-0.15, -0.1) is 0 Å². The van der Waals surface area contributed by atoms with Crippen LogP contribution in [0.4, 0.5) is 0 Å². The van der Waals surface area contributed by atoms with Crippen LogP contribution >= 0.6 is 7.82 Å². The van der Waals surface area contributed by atoms with Gasteiger partial charge in [0.25, 0.3) is 0 Å². The van der Waals surface area contributed by atoms with Crippen molar-refractivity contribution in [1.82, 2.24) is 5.32 Å². The number of carbonyl (C=O) groups is 2. The number of hydrogen-bond donors (Lipinski definition) is 2. The summed E-state index contributed by atoms with van der Waals surface area (Å²) in [6.45, 7) is 7.03. The number of amides is 1. The lowest BCUT2D eigenvalue weighted by atomic mass is 10.0. The molecule has 2 N–H and O–H groups in total. The molecule has 0 aromatic carbocycles. The predicted molar refractivity (Wildman–Crippen MR) is 351 cm³/mol. The molecule has 0 spiro atoms. The molecule has 0 radical (unpaired) electrons. The number of phosphoric acid groups is 1. The molecule has 3 unspecified atom stereocenters. The molecule has 81 heavy (non-hydrogen) atoms. The van der Waals surface area contributed by atoms with E-state index in [1.54, 1.807) is 0 Å². The summed E-state index contributed by atoms with van der Waals surface area (Å²) in [6.07, 6.45) is 76.9. The Balaban J connectivity index is 5.00. The Bertz CT molecular complexity index is 1520. The largest absolute Gasteiger partial charge is 0.472 e. The van der Waals surface area contributed by atoms with Gasteiger partial charge in [0.05, 0.1) is 33.8 Å². The molecule has 3 atom stereocenters. The van der Waals surface area contributed by atoms with Crippen molar-refractivity contribution < 1.29 is 37.3 Å². The van der Waals surface area contributed by atoms with Gasteiger partial charge < -0.3 is 19.4 Å². The second kappa shape index (κ2) is 61.1. The average Bonchev–Trinajstić information content (AvgIpc) is 3.44. The van der Waals surface area contributed by atoms with E-state index in [0.29, 0.717) is 23.9 Å². The number of allylic oxidation sites excluding steroid dienone is 7. The molecule has 1 amide bonds. The summed E-state index contributed by atoms with van der Waals surface area (Å²) in [6, 6.07) is -0.845. The van der Waals surface area contributed by atoms with Crippen molar-refractivity contribution in [1.29, 1.82) is 0 Å². The Morgan fingerprint density at radius 1 is 0.432 bits per heavy atom. The fourth-order valence-corrected chi connectivity index (χ4v) is 11.1. The van der Waals surface area contributed by atoms with E-state index in [9.17, 15) is 19.0 Å². The fraction of sp³-hybridized carbons (Fsp3) is 0.859. The summed E-state index contributed by atoms with van der Waals surface area (Å²) < 4.78 is 30.8. The van der Waals surface area contributed by atoms with Crippen molar-refractivity contribution >= 4 is 19.7 Å². The van der Waals surface area contributed by atoms with Gasteiger partial charge in [-0.1, -0.05) is 307 Å². The minimum atomic E-state index is -4.45. The second-order valence-electron chi connectivity index (χ2n) is 25.1.